The van der Waals surface area contributed by atoms with Crippen LogP contribution < -0.4 is 5.32 Å². The lowest BCUT2D eigenvalue weighted by Gasteiger charge is -2.30. The molecule has 0 aromatic carbocycles. The molecule has 1 aliphatic rings. The topological polar surface area (TPSA) is 58.6 Å². The molecule has 2 amide bonds. The minimum Gasteiger partial charge on any atom is -0.444 e. The first-order valence-corrected chi connectivity index (χ1v) is 8.53. The quantitative estimate of drug-likeness (QED) is 0.866. The van der Waals surface area contributed by atoms with E-state index in [9.17, 15) is 9.59 Å². The van der Waals surface area contributed by atoms with E-state index in [1.54, 1.807) is 0 Å². The van der Waals surface area contributed by atoms with E-state index in [1.807, 2.05) is 39.5 Å². The number of rotatable bonds is 4. The fourth-order valence-corrected chi connectivity index (χ4v) is 2.61. The molecule has 0 aliphatic carbocycles. The van der Waals surface area contributed by atoms with Crippen LogP contribution in [0.4, 0.5) is 4.79 Å². The van der Waals surface area contributed by atoms with Crippen molar-refractivity contribution in [3.8, 4) is 0 Å². The minimum atomic E-state index is -0.560. The van der Waals surface area contributed by atoms with Crippen molar-refractivity contribution < 1.29 is 14.3 Å². The van der Waals surface area contributed by atoms with Gasteiger partial charge in [0.2, 0.25) is 5.91 Å². The molecule has 1 aliphatic heterocycles. The highest BCUT2D eigenvalue weighted by Crippen LogP contribution is 2.16. The zero-order valence-corrected chi connectivity index (χ0v) is 14.8. The van der Waals surface area contributed by atoms with E-state index in [-0.39, 0.29) is 11.8 Å². The maximum Gasteiger partial charge on any atom is 0.408 e. The third-order valence-corrected chi connectivity index (χ3v) is 4.07. The van der Waals surface area contributed by atoms with Crippen LogP contribution in [-0.4, -0.2) is 41.6 Å². The van der Waals surface area contributed by atoms with E-state index in [2.05, 4.69) is 5.32 Å². The third kappa shape index (κ3) is 6.24. The van der Waals surface area contributed by atoms with Gasteiger partial charge >= 0.3 is 6.09 Å². The van der Waals surface area contributed by atoms with Gasteiger partial charge in [-0.1, -0.05) is 33.1 Å². The van der Waals surface area contributed by atoms with Gasteiger partial charge in [-0.2, -0.15) is 0 Å². The Morgan fingerprint density at radius 1 is 1.14 bits per heavy atom. The molecule has 1 unspecified atom stereocenters. The van der Waals surface area contributed by atoms with Crippen LogP contribution in [0.15, 0.2) is 0 Å². The molecular weight excluding hydrogens is 280 g/mol. The van der Waals surface area contributed by atoms with Gasteiger partial charge in [0.25, 0.3) is 0 Å². The maximum absolute atomic E-state index is 12.8. The smallest absolute Gasteiger partial charge is 0.408 e. The molecule has 0 saturated carbocycles. The van der Waals surface area contributed by atoms with Gasteiger partial charge in [0.1, 0.15) is 11.6 Å². The SMILES string of the molecule is CCC(C)[C@H](NC(=O)OC(C)(C)C)C(=O)N1CCCCCC1. The van der Waals surface area contributed by atoms with Gasteiger partial charge in [0.15, 0.2) is 0 Å². The highest BCUT2D eigenvalue weighted by Gasteiger charge is 2.31. The predicted octanol–water partition coefficient (Wildman–Crippen LogP) is 3.33. The number of ether oxygens (including phenoxy) is 1. The number of nitrogens with zero attached hydrogens (tertiary/aromatic N) is 1. The molecule has 1 saturated heterocycles. The van der Waals surface area contributed by atoms with Crippen molar-refractivity contribution in [3.05, 3.63) is 0 Å². The fourth-order valence-electron chi connectivity index (χ4n) is 2.61. The lowest BCUT2D eigenvalue weighted by Crippen LogP contribution is -2.52. The molecule has 5 nitrogen and oxygen atoms in total. The summed E-state index contributed by atoms with van der Waals surface area (Å²) in [7, 11) is 0. The fraction of sp³-hybridized carbons (Fsp3) is 0.882. The number of alkyl carbamates (subject to hydrolysis) is 1. The molecule has 5 heteroatoms. The summed E-state index contributed by atoms with van der Waals surface area (Å²) in [4.78, 5) is 26.8. The van der Waals surface area contributed by atoms with Crippen LogP contribution in [0.2, 0.25) is 0 Å². The van der Waals surface area contributed by atoms with Crippen LogP contribution in [-0.2, 0) is 9.53 Å². The summed E-state index contributed by atoms with van der Waals surface area (Å²) in [6, 6.07) is -0.502. The number of nitrogens with one attached hydrogen (secondary N) is 1. The zero-order chi connectivity index (χ0) is 16.8. The van der Waals surface area contributed by atoms with E-state index >= 15 is 0 Å². The molecule has 0 radical (unpaired) electrons. The first-order chi connectivity index (χ1) is 10.2. The summed E-state index contributed by atoms with van der Waals surface area (Å²) in [6.45, 7) is 11.1. The lowest BCUT2D eigenvalue weighted by molar-refractivity contribution is -0.134. The molecule has 1 fully saturated rings. The van der Waals surface area contributed by atoms with Gasteiger partial charge in [-0.3, -0.25) is 4.79 Å². The molecular formula is C17H32N2O3. The average Bonchev–Trinajstić information content (AvgIpc) is 2.70. The highest BCUT2D eigenvalue weighted by atomic mass is 16.6. The summed E-state index contributed by atoms with van der Waals surface area (Å²) >= 11 is 0. The van der Waals surface area contributed by atoms with Crippen molar-refractivity contribution in [2.75, 3.05) is 13.1 Å². The van der Waals surface area contributed by atoms with Crippen molar-refractivity contribution in [3.63, 3.8) is 0 Å². The Kier molecular flexibility index (Phi) is 7.17. The van der Waals surface area contributed by atoms with Crippen molar-refractivity contribution in [1.29, 1.82) is 0 Å². The van der Waals surface area contributed by atoms with Gasteiger partial charge in [-0.25, -0.2) is 4.79 Å². The Morgan fingerprint density at radius 3 is 2.14 bits per heavy atom. The second-order valence-electron chi connectivity index (χ2n) is 7.25. The number of amides is 2. The van der Waals surface area contributed by atoms with Crippen molar-refractivity contribution >= 4 is 12.0 Å². The van der Waals surface area contributed by atoms with E-state index in [0.29, 0.717) is 0 Å². The lowest BCUT2D eigenvalue weighted by atomic mass is 9.98. The van der Waals surface area contributed by atoms with E-state index in [0.717, 1.165) is 32.4 Å². The van der Waals surface area contributed by atoms with E-state index in [1.165, 1.54) is 12.8 Å². The second-order valence-corrected chi connectivity index (χ2v) is 7.25. The Bertz CT molecular complexity index is 369. The number of carbonyl (C=O) groups is 2. The van der Waals surface area contributed by atoms with E-state index < -0.39 is 17.7 Å². The first kappa shape index (κ1) is 18.8. The van der Waals surface area contributed by atoms with Crippen LogP contribution in [0.5, 0.6) is 0 Å². The molecule has 1 heterocycles. The molecule has 1 N–H and O–H groups in total. The predicted molar refractivity (Wildman–Crippen MR) is 87.7 cm³/mol. The normalized spacial score (nSPS) is 19.0. The van der Waals surface area contributed by atoms with Gasteiger partial charge in [0, 0.05) is 13.1 Å². The minimum absolute atomic E-state index is 0.0297. The van der Waals surface area contributed by atoms with Crippen LogP contribution >= 0.6 is 0 Å². The van der Waals surface area contributed by atoms with Crippen molar-refractivity contribution in [2.45, 2.75) is 78.4 Å². The zero-order valence-electron chi connectivity index (χ0n) is 14.8. The van der Waals surface area contributed by atoms with Crippen LogP contribution in [0.25, 0.3) is 0 Å². The molecule has 22 heavy (non-hydrogen) atoms. The summed E-state index contributed by atoms with van der Waals surface area (Å²) in [6.07, 6.45) is 4.77. The molecule has 2 atom stereocenters. The van der Waals surface area contributed by atoms with Crippen LogP contribution in [0, 0.1) is 5.92 Å². The number of hydrogen-bond donors (Lipinski definition) is 1. The second kappa shape index (κ2) is 8.39. The first-order valence-electron chi connectivity index (χ1n) is 8.53. The molecule has 0 aromatic rings. The van der Waals surface area contributed by atoms with Crippen LogP contribution in [0.3, 0.4) is 0 Å². The molecule has 0 aromatic heterocycles. The summed E-state index contributed by atoms with van der Waals surface area (Å²) in [5, 5.41) is 2.79. The largest absolute Gasteiger partial charge is 0.444 e. The van der Waals surface area contributed by atoms with Crippen molar-refractivity contribution in [1.82, 2.24) is 10.2 Å². The number of likely N-dealkylation sites (tertiary alicyclic amines) is 1. The molecule has 0 bridgehead atoms. The summed E-state index contributed by atoms with van der Waals surface area (Å²) in [5.74, 6) is 0.116. The van der Waals surface area contributed by atoms with Gasteiger partial charge in [-0.15, -0.1) is 0 Å². The van der Waals surface area contributed by atoms with Crippen molar-refractivity contribution in [2.24, 2.45) is 5.92 Å². The van der Waals surface area contributed by atoms with Gasteiger partial charge < -0.3 is 15.0 Å². The summed E-state index contributed by atoms with van der Waals surface area (Å²) < 4.78 is 5.30. The average molecular weight is 312 g/mol. The highest BCUT2D eigenvalue weighted by molar-refractivity contribution is 5.86. The molecule has 0 spiro atoms. The van der Waals surface area contributed by atoms with E-state index in [4.69, 9.17) is 4.74 Å². The Hall–Kier alpha value is -1.26. The third-order valence-electron chi connectivity index (χ3n) is 4.07. The Balaban J connectivity index is 2.74. The molecule has 1 rings (SSSR count). The Labute approximate surface area is 134 Å². The van der Waals surface area contributed by atoms with Gasteiger partial charge in [0.05, 0.1) is 0 Å². The summed E-state index contributed by atoms with van der Waals surface area (Å²) in [5.41, 5.74) is -0.560. The maximum atomic E-state index is 12.8. The van der Waals surface area contributed by atoms with Crippen LogP contribution in [0.1, 0.15) is 66.7 Å². The standard InChI is InChI=1S/C17H32N2O3/c1-6-13(2)14(18-16(21)22-17(3,4)5)15(20)19-11-9-7-8-10-12-19/h13-14H,6-12H2,1-5H3,(H,18,21)/t13?,14-/m0/s1. The van der Waals surface area contributed by atoms with Gasteiger partial charge in [-0.05, 0) is 39.5 Å². The Morgan fingerprint density at radius 2 is 1.68 bits per heavy atom. The molecule has 128 valence electrons. The number of carbonyl (C=O) groups excluding carboxylic acids is 2. The number of hydrogen-bond acceptors (Lipinski definition) is 3. The monoisotopic (exact) mass is 312 g/mol.